The van der Waals surface area contributed by atoms with E-state index < -0.39 is 0 Å². The lowest BCUT2D eigenvalue weighted by atomic mass is 9.99. The van der Waals surface area contributed by atoms with Crippen molar-refractivity contribution >= 4 is 11.8 Å². The van der Waals surface area contributed by atoms with Gasteiger partial charge in [0, 0.05) is 84.6 Å². The number of anilines is 2. The summed E-state index contributed by atoms with van der Waals surface area (Å²) in [6.45, 7) is 9.97. The monoisotopic (exact) mass is 449 g/mol. The Morgan fingerprint density at radius 3 is 2.33 bits per heavy atom. The predicted molar refractivity (Wildman–Crippen MR) is 135 cm³/mol. The zero-order chi connectivity index (χ0) is 22.8. The summed E-state index contributed by atoms with van der Waals surface area (Å²) in [7, 11) is 6.34. The molecule has 3 aliphatic heterocycles. The standard InChI is InChI=1S/C26H39N7/c1-29(2)26-27-24-20-31(19-21-7-5-4-6-8-21)12-11-23(24)25(28-26)33-13-9-22(10-14-33)32-17-15-30(3)16-18-32/h4-8,22H,9-20H2,1-3H3. The fourth-order valence-corrected chi connectivity index (χ4v) is 5.52. The summed E-state index contributed by atoms with van der Waals surface area (Å²) in [5.41, 5.74) is 3.96. The van der Waals surface area contributed by atoms with Gasteiger partial charge < -0.3 is 14.7 Å². The van der Waals surface area contributed by atoms with Crippen molar-refractivity contribution < 1.29 is 0 Å². The maximum atomic E-state index is 5.07. The van der Waals surface area contributed by atoms with Gasteiger partial charge in [-0.25, -0.2) is 4.98 Å². The fourth-order valence-electron chi connectivity index (χ4n) is 5.52. The molecule has 7 heteroatoms. The Labute approximate surface area is 199 Å². The number of nitrogens with zero attached hydrogens (tertiary/aromatic N) is 7. The van der Waals surface area contributed by atoms with Crippen LogP contribution in [-0.4, -0.2) is 97.7 Å². The highest BCUT2D eigenvalue weighted by Gasteiger charge is 2.30. The molecule has 0 atom stereocenters. The molecule has 2 fully saturated rings. The van der Waals surface area contributed by atoms with Crippen LogP contribution in [0.4, 0.5) is 11.8 Å². The highest BCUT2D eigenvalue weighted by Crippen LogP contribution is 2.31. The second kappa shape index (κ2) is 9.95. The molecule has 1 aromatic heterocycles. The first kappa shape index (κ1) is 22.6. The largest absolute Gasteiger partial charge is 0.356 e. The molecule has 4 heterocycles. The van der Waals surface area contributed by atoms with Gasteiger partial charge in [-0.3, -0.25) is 9.80 Å². The summed E-state index contributed by atoms with van der Waals surface area (Å²) >= 11 is 0. The molecule has 0 saturated carbocycles. The normalized spacial score (nSPS) is 21.2. The Balaban J connectivity index is 1.30. The third-order valence-electron chi connectivity index (χ3n) is 7.58. The Morgan fingerprint density at radius 1 is 0.909 bits per heavy atom. The number of piperazine rings is 1. The van der Waals surface area contributed by atoms with Crippen LogP contribution in [0.5, 0.6) is 0 Å². The topological polar surface area (TPSA) is 42.0 Å². The highest BCUT2D eigenvalue weighted by atomic mass is 15.3. The number of aromatic nitrogens is 2. The van der Waals surface area contributed by atoms with Crippen LogP contribution in [0.15, 0.2) is 30.3 Å². The molecular weight excluding hydrogens is 410 g/mol. The van der Waals surface area contributed by atoms with Gasteiger partial charge in [0.15, 0.2) is 0 Å². The quantitative estimate of drug-likeness (QED) is 0.694. The number of hydrogen-bond acceptors (Lipinski definition) is 7. The van der Waals surface area contributed by atoms with Gasteiger partial charge in [-0.2, -0.15) is 4.98 Å². The first-order chi connectivity index (χ1) is 16.1. The zero-order valence-corrected chi connectivity index (χ0v) is 20.6. The van der Waals surface area contributed by atoms with Crippen LogP contribution < -0.4 is 9.80 Å². The molecule has 5 rings (SSSR count). The molecule has 0 radical (unpaired) electrons. The van der Waals surface area contributed by atoms with Crippen LogP contribution in [0.1, 0.15) is 29.7 Å². The van der Waals surface area contributed by atoms with Crippen LogP contribution in [0.25, 0.3) is 0 Å². The minimum Gasteiger partial charge on any atom is -0.356 e. The number of hydrogen-bond donors (Lipinski definition) is 0. The zero-order valence-electron chi connectivity index (χ0n) is 20.6. The molecular formula is C26H39N7. The second-order valence-electron chi connectivity index (χ2n) is 10.2. The van der Waals surface area contributed by atoms with E-state index >= 15 is 0 Å². The summed E-state index contributed by atoms with van der Waals surface area (Å²) < 4.78 is 0. The summed E-state index contributed by atoms with van der Waals surface area (Å²) in [6, 6.07) is 11.5. The molecule has 0 N–H and O–H groups in total. The van der Waals surface area contributed by atoms with E-state index in [0.717, 1.165) is 51.1 Å². The van der Waals surface area contributed by atoms with E-state index in [9.17, 15) is 0 Å². The van der Waals surface area contributed by atoms with E-state index in [0.29, 0.717) is 0 Å². The lowest BCUT2D eigenvalue weighted by molar-refractivity contribution is 0.0981. The van der Waals surface area contributed by atoms with Crippen molar-refractivity contribution in [1.29, 1.82) is 0 Å². The maximum Gasteiger partial charge on any atom is 0.227 e. The summed E-state index contributed by atoms with van der Waals surface area (Å²) in [5.74, 6) is 2.03. The molecule has 0 spiro atoms. The molecule has 2 saturated heterocycles. The van der Waals surface area contributed by atoms with Gasteiger partial charge in [-0.15, -0.1) is 0 Å². The van der Waals surface area contributed by atoms with Crippen molar-refractivity contribution in [1.82, 2.24) is 24.7 Å². The van der Waals surface area contributed by atoms with Gasteiger partial charge in [-0.05, 0) is 31.9 Å². The Hall–Kier alpha value is -2.22. The van der Waals surface area contributed by atoms with Crippen molar-refractivity contribution in [2.75, 3.05) is 76.8 Å². The van der Waals surface area contributed by atoms with E-state index in [-0.39, 0.29) is 0 Å². The second-order valence-corrected chi connectivity index (χ2v) is 10.2. The smallest absolute Gasteiger partial charge is 0.227 e. The van der Waals surface area contributed by atoms with E-state index in [2.05, 4.69) is 76.0 Å². The molecule has 7 nitrogen and oxygen atoms in total. The SMILES string of the molecule is CN1CCN(C2CCN(c3nc(N(C)C)nc4c3CCN(Cc3ccccc3)C4)CC2)CC1. The van der Waals surface area contributed by atoms with E-state index in [1.165, 1.54) is 61.7 Å². The third-order valence-corrected chi connectivity index (χ3v) is 7.58. The van der Waals surface area contributed by atoms with Crippen molar-refractivity contribution in [3.63, 3.8) is 0 Å². The van der Waals surface area contributed by atoms with Crippen LogP contribution in [0, 0.1) is 0 Å². The number of piperidine rings is 1. The molecule has 0 bridgehead atoms. The fraction of sp³-hybridized carbons (Fsp3) is 0.615. The van der Waals surface area contributed by atoms with E-state index in [1.807, 2.05) is 0 Å². The average molecular weight is 450 g/mol. The lowest BCUT2D eigenvalue weighted by Crippen LogP contribution is -2.52. The first-order valence-electron chi connectivity index (χ1n) is 12.6. The van der Waals surface area contributed by atoms with Crippen LogP contribution in [0.3, 0.4) is 0 Å². The van der Waals surface area contributed by atoms with E-state index in [1.54, 1.807) is 0 Å². The molecule has 2 aromatic rings. The van der Waals surface area contributed by atoms with Gasteiger partial charge in [0.2, 0.25) is 5.95 Å². The highest BCUT2D eigenvalue weighted by molar-refractivity contribution is 5.54. The average Bonchev–Trinajstić information content (AvgIpc) is 2.84. The number of rotatable bonds is 5. The van der Waals surface area contributed by atoms with E-state index in [4.69, 9.17) is 9.97 Å². The van der Waals surface area contributed by atoms with Gasteiger partial charge >= 0.3 is 0 Å². The van der Waals surface area contributed by atoms with Gasteiger partial charge in [0.1, 0.15) is 5.82 Å². The van der Waals surface area contributed by atoms with Crippen molar-refractivity contribution in [3.05, 3.63) is 47.2 Å². The molecule has 0 amide bonds. The Morgan fingerprint density at radius 2 is 1.64 bits per heavy atom. The summed E-state index contributed by atoms with van der Waals surface area (Å²) in [5, 5.41) is 0. The van der Waals surface area contributed by atoms with Crippen molar-refractivity contribution in [2.24, 2.45) is 0 Å². The van der Waals surface area contributed by atoms with Gasteiger partial charge in [-0.1, -0.05) is 30.3 Å². The molecule has 0 unspecified atom stereocenters. The number of fused-ring (bicyclic) bond motifs is 1. The third kappa shape index (κ3) is 5.15. The minimum atomic E-state index is 0.724. The molecule has 0 aliphatic carbocycles. The number of likely N-dealkylation sites (N-methyl/N-ethyl adjacent to an activating group) is 1. The van der Waals surface area contributed by atoms with Gasteiger partial charge in [0.05, 0.1) is 5.69 Å². The predicted octanol–water partition coefficient (Wildman–Crippen LogP) is 2.32. The molecule has 3 aliphatic rings. The first-order valence-corrected chi connectivity index (χ1v) is 12.6. The van der Waals surface area contributed by atoms with Crippen molar-refractivity contribution in [3.8, 4) is 0 Å². The molecule has 33 heavy (non-hydrogen) atoms. The van der Waals surface area contributed by atoms with Crippen LogP contribution in [-0.2, 0) is 19.5 Å². The Kier molecular flexibility index (Phi) is 6.81. The Bertz CT molecular complexity index is 916. The lowest BCUT2D eigenvalue weighted by Gasteiger charge is -2.43. The van der Waals surface area contributed by atoms with Gasteiger partial charge in [0.25, 0.3) is 0 Å². The minimum absolute atomic E-state index is 0.724. The van der Waals surface area contributed by atoms with Crippen LogP contribution in [0.2, 0.25) is 0 Å². The summed E-state index contributed by atoms with van der Waals surface area (Å²) in [6.07, 6.45) is 3.50. The van der Waals surface area contributed by atoms with Crippen molar-refractivity contribution in [2.45, 2.75) is 38.4 Å². The maximum absolute atomic E-state index is 5.07. The van der Waals surface area contributed by atoms with Crippen LogP contribution >= 0.6 is 0 Å². The number of benzene rings is 1. The molecule has 178 valence electrons. The summed E-state index contributed by atoms with van der Waals surface area (Å²) in [4.78, 5) is 22.3. The molecule has 1 aromatic carbocycles.